The standard InChI is InChI=1S/C13H11F3O/c1-8-6-9-4-2-3-5-10(9)11(7-8)12(17)13(14,15)16/h2-7,12,17H,1H3. The van der Waals surface area contributed by atoms with Gasteiger partial charge in [-0.1, -0.05) is 42.0 Å². The molecule has 0 aliphatic rings. The fourth-order valence-electron chi connectivity index (χ4n) is 1.90. The first-order chi connectivity index (χ1) is 7.89. The highest BCUT2D eigenvalue weighted by Crippen LogP contribution is 2.36. The Kier molecular flexibility index (Phi) is 2.83. The summed E-state index contributed by atoms with van der Waals surface area (Å²) in [4.78, 5) is 0. The maximum absolute atomic E-state index is 12.5. The van der Waals surface area contributed by atoms with E-state index in [-0.39, 0.29) is 5.56 Å². The minimum absolute atomic E-state index is 0.0897. The van der Waals surface area contributed by atoms with Crippen molar-refractivity contribution in [3.8, 4) is 0 Å². The van der Waals surface area contributed by atoms with Crippen molar-refractivity contribution in [3.63, 3.8) is 0 Å². The number of aliphatic hydroxyl groups excluding tert-OH is 1. The van der Waals surface area contributed by atoms with Crippen LogP contribution in [-0.2, 0) is 0 Å². The van der Waals surface area contributed by atoms with E-state index < -0.39 is 12.3 Å². The van der Waals surface area contributed by atoms with Crippen LogP contribution in [0.2, 0.25) is 0 Å². The second kappa shape index (κ2) is 4.04. The zero-order chi connectivity index (χ0) is 12.6. The largest absolute Gasteiger partial charge is 0.418 e. The van der Waals surface area contributed by atoms with Gasteiger partial charge in [0.2, 0.25) is 0 Å². The molecule has 0 aromatic heterocycles. The molecule has 0 saturated carbocycles. The number of benzene rings is 2. The third kappa shape index (κ3) is 2.26. The normalized spacial score (nSPS) is 13.9. The molecule has 0 bridgehead atoms. The first-order valence-electron chi connectivity index (χ1n) is 5.13. The molecule has 0 heterocycles. The van der Waals surface area contributed by atoms with Crippen LogP contribution in [-0.4, -0.2) is 11.3 Å². The monoisotopic (exact) mass is 240 g/mol. The molecular weight excluding hydrogens is 229 g/mol. The van der Waals surface area contributed by atoms with E-state index >= 15 is 0 Å². The van der Waals surface area contributed by atoms with Crippen molar-refractivity contribution in [2.45, 2.75) is 19.2 Å². The highest BCUT2D eigenvalue weighted by Gasteiger charge is 2.40. The van der Waals surface area contributed by atoms with Crippen LogP contribution < -0.4 is 0 Å². The van der Waals surface area contributed by atoms with Gasteiger partial charge in [-0.3, -0.25) is 0 Å². The van der Waals surface area contributed by atoms with Crippen LogP contribution in [0.1, 0.15) is 17.2 Å². The van der Waals surface area contributed by atoms with Gasteiger partial charge in [-0.15, -0.1) is 0 Å². The van der Waals surface area contributed by atoms with Gasteiger partial charge in [0.25, 0.3) is 0 Å². The third-order valence-corrected chi connectivity index (χ3v) is 2.64. The van der Waals surface area contributed by atoms with Crippen molar-refractivity contribution in [3.05, 3.63) is 47.5 Å². The number of hydrogen-bond donors (Lipinski definition) is 1. The lowest BCUT2D eigenvalue weighted by Crippen LogP contribution is -2.20. The predicted molar refractivity (Wildman–Crippen MR) is 59.7 cm³/mol. The lowest BCUT2D eigenvalue weighted by atomic mass is 9.97. The smallest absolute Gasteiger partial charge is 0.379 e. The van der Waals surface area contributed by atoms with Crippen LogP contribution in [0, 0.1) is 6.92 Å². The number of hydrogen-bond acceptors (Lipinski definition) is 1. The quantitative estimate of drug-likeness (QED) is 0.805. The van der Waals surface area contributed by atoms with Crippen molar-refractivity contribution >= 4 is 10.8 Å². The van der Waals surface area contributed by atoms with Crippen molar-refractivity contribution in [2.24, 2.45) is 0 Å². The molecule has 1 N–H and O–H groups in total. The molecule has 17 heavy (non-hydrogen) atoms. The maximum Gasteiger partial charge on any atom is 0.418 e. The Morgan fingerprint density at radius 3 is 2.41 bits per heavy atom. The molecule has 4 heteroatoms. The Balaban J connectivity index is 2.68. The zero-order valence-electron chi connectivity index (χ0n) is 9.12. The second-order valence-corrected chi connectivity index (χ2v) is 4.02. The molecule has 90 valence electrons. The van der Waals surface area contributed by atoms with E-state index in [9.17, 15) is 18.3 Å². The highest BCUT2D eigenvalue weighted by molar-refractivity contribution is 5.86. The summed E-state index contributed by atoms with van der Waals surface area (Å²) in [5.74, 6) is 0. The van der Waals surface area contributed by atoms with Crippen LogP contribution in [0.25, 0.3) is 10.8 Å². The molecule has 0 aliphatic carbocycles. The van der Waals surface area contributed by atoms with E-state index in [1.807, 2.05) is 0 Å². The Hall–Kier alpha value is -1.55. The van der Waals surface area contributed by atoms with Gasteiger partial charge in [-0.25, -0.2) is 0 Å². The van der Waals surface area contributed by atoms with E-state index in [1.165, 1.54) is 6.07 Å². The number of fused-ring (bicyclic) bond motifs is 1. The summed E-state index contributed by atoms with van der Waals surface area (Å²) in [6.45, 7) is 1.71. The van der Waals surface area contributed by atoms with Crippen LogP contribution >= 0.6 is 0 Å². The SMILES string of the molecule is Cc1cc(C(O)C(F)(F)F)c2ccccc2c1. The third-order valence-electron chi connectivity index (χ3n) is 2.64. The molecule has 0 amide bonds. The van der Waals surface area contributed by atoms with Crippen molar-refractivity contribution < 1.29 is 18.3 Å². The van der Waals surface area contributed by atoms with E-state index in [2.05, 4.69) is 0 Å². The second-order valence-electron chi connectivity index (χ2n) is 4.02. The molecule has 0 saturated heterocycles. The molecule has 1 atom stereocenters. The average Bonchev–Trinajstić information content (AvgIpc) is 2.25. The minimum atomic E-state index is -4.64. The Morgan fingerprint density at radius 2 is 1.76 bits per heavy atom. The van der Waals surface area contributed by atoms with Gasteiger partial charge in [-0.2, -0.15) is 13.2 Å². The Labute approximate surface area is 96.5 Å². The lowest BCUT2D eigenvalue weighted by molar-refractivity contribution is -0.206. The van der Waals surface area contributed by atoms with Gasteiger partial charge in [0.1, 0.15) is 0 Å². The van der Waals surface area contributed by atoms with Gasteiger partial charge < -0.3 is 5.11 Å². The Morgan fingerprint density at radius 1 is 1.12 bits per heavy atom. The molecule has 2 aromatic rings. The topological polar surface area (TPSA) is 20.2 Å². The first kappa shape index (κ1) is 11.9. The molecule has 0 radical (unpaired) electrons. The average molecular weight is 240 g/mol. The van der Waals surface area contributed by atoms with Crippen LogP contribution in [0.3, 0.4) is 0 Å². The van der Waals surface area contributed by atoms with E-state index in [4.69, 9.17) is 0 Å². The summed E-state index contributed by atoms with van der Waals surface area (Å²) in [6.07, 6.45) is -7.08. The summed E-state index contributed by atoms with van der Waals surface area (Å²) in [5, 5.41) is 10.5. The number of halogens is 3. The van der Waals surface area contributed by atoms with Gasteiger partial charge in [0, 0.05) is 0 Å². The van der Waals surface area contributed by atoms with Gasteiger partial charge in [-0.05, 0) is 23.3 Å². The maximum atomic E-state index is 12.5. The molecular formula is C13H11F3O. The number of aliphatic hydroxyl groups is 1. The van der Waals surface area contributed by atoms with Crippen molar-refractivity contribution in [2.75, 3.05) is 0 Å². The van der Waals surface area contributed by atoms with E-state index in [0.29, 0.717) is 16.3 Å². The van der Waals surface area contributed by atoms with Crippen molar-refractivity contribution in [1.29, 1.82) is 0 Å². The summed E-state index contributed by atoms with van der Waals surface area (Å²) in [6, 6.07) is 9.90. The molecule has 1 unspecified atom stereocenters. The summed E-state index contributed by atoms with van der Waals surface area (Å²) in [7, 11) is 0. The number of rotatable bonds is 1. The van der Waals surface area contributed by atoms with Crippen LogP contribution in [0.4, 0.5) is 13.2 Å². The molecule has 1 nitrogen and oxygen atoms in total. The van der Waals surface area contributed by atoms with E-state index in [1.54, 1.807) is 37.3 Å². The first-order valence-corrected chi connectivity index (χ1v) is 5.13. The van der Waals surface area contributed by atoms with Gasteiger partial charge >= 0.3 is 6.18 Å². The van der Waals surface area contributed by atoms with Gasteiger partial charge in [0.15, 0.2) is 6.10 Å². The van der Waals surface area contributed by atoms with E-state index in [0.717, 1.165) is 0 Å². The molecule has 0 aliphatic heterocycles. The van der Waals surface area contributed by atoms with Crippen LogP contribution in [0.5, 0.6) is 0 Å². The highest BCUT2D eigenvalue weighted by atomic mass is 19.4. The van der Waals surface area contributed by atoms with Gasteiger partial charge in [0.05, 0.1) is 0 Å². The Bertz CT molecular complexity index is 546. The predicted octanol–water partition coefficient (Wildman–Crippen LogP) is 3.74. The van der Waals surface area contributed by atoms with Crippen LogP contribution in [0.15, 0.2) is 36.4 Å². The van der Waals surface area contributed by atoms with Crippen molar-refractivity contribution in [1.82, 2.24) is 0 Å². The lowest BCUT2D eigenvalue weighted by Gasteiger charge is -2.17. The molecule has 0 fully saturated rings. The summed E-state index contributed by atoms with van der Waals surface area (Å²) < 4.78 is 37.6. The molecule has 0 spiro atoms. The zero-order valence-corrected chi connectivity index (χ0v) is 9.12. The fraction of sp³-hybridized carbons (Fsp3) is 0.231. The molecule has 2 rings (SSSR count). The summed E-state index contributed by atoms with van der Waals surface area (Å²) in [5.41, 5.74) is 0.607. The fourth-order valence-corrected chi connectivity index (χ4v) is 1.90. The molecule has 2 aromatic carbocycles. The summed E-state index contributed by atoms with van der Waals surface area (Å²) >= 11 is 0. The number of aryl methyl sites for hydroxylation is 1. The minimum Gasteiger partial charge on any atom is -0.379 e. The number of alkyl halides is 3.